The van der Waals surface area contributed by atoms with Crippen molar-refractivity contribution in [3.05, 3.63) is 18.2 Å². The van der Waals surface area contributed by atoms with Crippen molar-refractivity contribution >= 4 is 17.5 Å². The van der Waals surface area contributed by atoms with Crippen LogP contribution in [0.5, 0.6) is 11.5 Å². The number of carbonyl (C=O) groups excluding carboxylic acids is 2. The number of hydrogen-bond acceptors (Lipinski definition) is 5. The van der Waals surface area contributed by atoms with Crippen LogP contribution in [-0.4, -0.2) is 62.8 Å². The standard InChI is InChI=1S/C16H20N2O5/c1-12(19)18(11-16(20)17-4-6-21-7-5-17)13-2-3-14-15(10-13)23-9-8-22-14/h2-3,10H,4-9,11H2,1H3. The van der Waals surface area contributed by atoms with Gasteiger partial charge < -0.3 is 24.0 Å². The number of rotatable bonds is 3. The first-order valence-electron chi connectivity index (χ1n) is 7.68. The van der Waals surface area contributed by atoms with Crippen LogP contribution in [0, 0.1) is 0 Å². The van der Waals surface area contributed by atoms with Gasteiger partial charge in [0.15, 0.2) is 11.5 Å². The van der Waals surface area contributed by atoms with Crippen LogP contribution in [0.3, 0.4) is 0 Å². The van der Waals surface area contributed by atoms with E-state index in [9.17, 15) is 9.59 Å². The van der Waals surface area contributed by atoms with E-state index in [1.165, 1.54) is 11.8 Å². The molecule has 1 aromatic rings. The SMILES string of the molecule is CC(=O)N(CC(=O)N1CCOCC1)c1ccc2c(c1)OCCO2. The van der Waals surface area contributed by atoms with E-state index in [1.54, 1.807) is 23.1 Å². The average molecular weight is 320 g/mol. The molecule has 7 heteroatoms. The molecule has 2 aliphatic heterocycles. The van der Waals surface area contributed by atoms with Gasteiger partial charge in [0, 0.05) is 31.8 Å². The van der Waals surface area contributed by atoms with E-state index in [2.05, 4.69) is 0 Å². The highest BCUT2D eigenvalue weighted by atomic mass is 16.6. The number of ether oxygens (including phenoxy) is 3. The summed E-state index contributed by atoms with van der Waals surface area (Å²) in [5.41, 5.74) is 0.628. The van der Waals surface area contributed by atoms with Gasteiger partial charge in [-0.15, -0.1) is 0 Å². The first-order valence-corrected chi connectivity index (χ1v) is 7.68. The Balaban J connectivity index is 1.76. The molecule has 0 spiro atoms. The van der Waals surface area contributed by atoms with Crippen LogP contribution in [-0.2, 0) is 14.3 Å². The zero-order valence-electron chi connectivity index (χ0n) is 13.1. The third-order valence-corrected chi connectivity index (χ3v) is 3.87. The summed E-state index contributed by atoms with van der Waals surface area (Å²) in [5, 5.41) is 0. The lowest BCUT2D eigenvalue weighted by Crippen LogP contribution is -2.46. The molecule has 1 fully saturated rings. The van der Waals surface area contributed by atoms with Crippen molar-refractivity contribution in [1.82, 2.24) is 4.90 Å². The Morgan fingerprint density at radius 3 is 2.48 bits per heavy atom. The van der Waals surface area contributed by atoms with Gasteiger partial charge in [0.2, 0.25) is 11.8 Å². The van der Waals surface area contributed by atoms with E-state index in [4.69, 9.17) is 14.2 Å². The molecule has 124 valence electrons. The lowest BCUT2D eigenvalue weighted by molar-refractivity contribution is -0.134. The zero-order valence-corrected chi connectivity index (χ0v) is 13.1. The van der Waals surface area contributed by atoms with Crippen LogP contribution >= 0.6 is 0 Å². The van der Waals surface area contributed by atoms with Gasteiger partial charge >= 0.3 is 0 Å². The molecule has 0 aliphatic carbocycles. The van der Waals surface area contributed by atoms with E-state index in [1.807, 2.05) is 0 Å². The van der Waals surface area contributed by atoms with Gasteiger partial charge in [0.05, 0.1) is 13.2 Å². The Morgan fingerprint density at radius 2 is 1.78 bits per heavy atom. The van der Waals surface area contributed by atoms with Gasteiger partial charge in [-0.2, -0.15) is 0 Å². The second-order valence-corrected chi connectivity index (χ2v) is 5.43. The molecular formula is C16H20N2O5. The van der Waals surface area contributed by atoms with Crippen LogP contribution in [0.2, 0.25) is 0 Å². The molecule has 2 heterocycles. The van der Waals surface area contributed by atoms with Gasteiger partial charge in [-0.3, -0.25) is 9.59 Å². The Labute approximate surface area is 134 Å². The maximum absolute atomic E-state index is 12.4. The van der Waals surface area contributed by atoms with Crippen LogP contribution in [0.25, 0.3) is 0 Å². The van der Waals surface area contributed by atoms with Crippen molar-refractivity contribution in [1.29, 1.82) is 0 Å². The van der Waals surface area contributed by atoms with Gasteiger partial charge in [-0.25, -0.2) is 0 Å². The van der Waals surface area contributed by atoms with Crippen LogP contribution in [0.4, 0.5) is 5.69 Å². The maximum atomic E-state index is 12.4. The van der Waals surface area contributed by atoms with Gasteiger partial charge in [-0.05, 0) is 12.1 Å². The van der Waals surface area contributed by atoms with Gasteiger partial charge in [0.25, 0.3) is 0 Å². The molecule has 1 aromatic carbocycles. The highest BCUT2D eigenvalue weighted by molar-refractivity contribution is 5.97. The molecule has 0 aromatic heterocycles. The molecule has 1 saturated heterocycles. The number of morpholine rings is 1. The predicted octanol–water partition coefficient (Wildman–Crippen LogP) is 0.669. The highest BCUT2D eigenvalue weighted by Gasteiger charge is 2.23. The van der Waals surface area contributed by atoms with Crippen molar-refractivity contribution < 1.29 is 23.8 Å². The Bertz CT molecular complexity index is 598. The smallest absolute Gasteiger partial charge is 0.242 e. The molecule has 0 atom stereocenters. The van der Waals surface area contributed by atoms with Gasteiger partial charge in [-0.1, -0.05) is 0 Å². The molecule has 0 bridgehead atoms. The van der Waals surface area contributed by atoms with E-state index in [0.717, 1.165) is 0 Å². The second kappa shape index (κ2) is 6.87. The fraction of sp³-hybridized carbons (Fsp3) is 0.500. The lowest BCUT2D eigenvalue weighted by Gasteiger charge is -2.30. The van der Waals surface area contributed by atoms with Crippen molar-refractivity contribution in [2.24, 2.45) is 0 Å². The minimum absolute atomic E-state index is 0.00891. The van der Waals surface area contributed by atoms with Crippen molar-refractivity contribution in [2.75, 3.05) is 51.0 Å². The number of benzene rings is 1. The summed E-state index contributed by atoms with van der Waals surface area (Å²) in [6, 6.07) is 5.27. The fourth-order valence-electron chi connectivity index (χ4n) is 2.63. The summed E-state index contributed by atoms with van der Waals surface area (Å²) in [4.78, 5) is 27.6. The molecule has 0 radical (unpaired) electrons. The fourth-order valence-corrected chi connectivity index (χ4v) is 2.63. The number of fused-ring (bicyclic) bond motifs is 1. The first kappa shape index (κ1) is 15.6. The van der Waals surface area contributed by atoms with Crippen molar-refractivity contribution in [2.45, 2.75) is 6.92 Å². The van der Waals surface area contributed by atoms with Crippen LogP contribution in [0.1, 0.15) is 6.92 Å². The monoisotopic (exact) mass is 320 g/mol. The van der Waals surface area contributed by atoms with Crippen molar-refractivity contribution in [3.63, 3.8) is 0 Å². The van der Waals surface area contributed by atoms with E-state index in [0.29, 0.717) is 56.7 Å². The first-order chi connectivity index (χ1) is 11.1. The second-order valence-electron chi connectivity index (χ2n) is 5.43. The number of carbonyl (C=O) groups is 2. The molecule has 3 rings (SSSR count). The Morgan fingerprint density at radius 1 is 1.09 bits per heavy atom. The molecule has 7 nitrogen and oxygen atoms in total. The normalized spacial score (nSPS) is 16.8. The quantitative estimate of drug-likeness (QED) is 0.819. The average Bonchev–Trinajstić information content (AvgIpc) is 2.59. The third-order valence-electron chi connectivity index (χ3n) is 3.87. The predicted molar refractivity (Wildman–Crippen MR) is 82.9 cm³/mol. The summed E-state index contributed by atoms with van der Waals surface area (Å²) in [7, 11) is 0. The van der Waals surface area contributed by atoms with E-state index >= 15 is 0 Å². The minimum atomic E-state index is -0.191. The molecular weight excluding hydrogens is 300 g/mol. The minimum Gasteiger partial charge on any atom is -0.486 e. The van der Waals surface area contributed by atoms with Gasteiger partial charge in [0.1, 0.15) is 19.8 Å². The molecule has 0 saturated carbocycles. The summed E-state index contributed by atoms with van der Waals surface area (Å²) < 4.78 is 16.3. The Kier molecular flexibility index (Phi) is 4.66. The Hall–Kier alpha value is -2.28. The molecule has 0 N–H and O–H groups in total. The summed E-state index contributed by atoms with van der Waals surface area (Å²) in [5.74, 6) is 0.975. The number of nitrogens with zero attached hydrogens (tertiary/aromatic N) is 2. The summed E-state index contributed by atoms with van der Waals surface area (Å²) in [6.07, 6.45) is 0. The molecule has 2 amide bonds. The molecule has 23 heavy (non-hydrogen) atoms. The number of amides is 2. The van der Waals surface area contributed by atoms with Crippen LogP contribution < -0.4 is 14.4 Å². The van der Waals surface area contributed by atoms with Crippen LogP contribution in [0.15, 0.2) is 18.2 Å². The largest absolute Gasteiger partial charge is 0.486 e. The zero-order chi connectivity index (χ0) is 16.2. The van der Waals surface area contributed by atoms with Crippen molar-refractivity contribution in [3.8, 4) is 11.5 Å². The third kappa shape index (κ3) is 3.56. The summed E-state index contributed by atoms with van der Waals surface area (Å²) in [6.45, 7) is 4.64. The van der Waals surface area contributed by atoms with E-state index in [-0.39, 0.29) is 18.4 Å². The topological polar surface area (TPSA) is 68.3 Å². The number of hydrogen-bond donors (Lipinski definition) is 0. The summed E-state index contributed by atoms with van der Waals surface area (Å²) >= 11 is 0. The molecule has 0 unspecified atom stereocenters. The van der Waals surface area contributed by atoms with E-state index < -0.39 is 0 Å². The molecule has 2 aliphatic rings. The maximum Gasteiger partial charge on any atom is 0.242 e. The number of anilines is 1. The highest BCUT2D eigenvalue weighted by Crippen LogP contribution is 2.34. The lowest BCUT2D eigenvalue weighted by atomic mass is 10.2.